The molecule has 2 aromatic carbocycles. The largest absolute Gasteiger partial charge is 0.375 e. The fourth-order valence-electron chi connectivity index (χ4n) is 3.90. The van der Waals surface area contributed by atoms with Crippen molar-refractivity contribution in [3.63, 3.8) is 0 Å². The Hall–Kier alpha value is -3.18. The lowest BCUT2D eigenvalue weighted by atomic mass is 9.86. The van der Waals surface area contributed by atoms with Crippen molar-refractivity contribution in [3.05, 3.63) is 106 Å². The predicted molar refractivity (Wildman–Crippen MR) is 112 cm³/mol. The van der Waals surface area contributed by atoms with E-state index in [0.717, 1.165) is 6.42 Å². The summed E-state index contributed by atoms with van der Waals surface area (Å²) in [4.78, 5) is 29.1. The molecule has 5 nitrogen and oxygen atoms in total. The molecule has 0 spiro atoms. The quantitative estimate of drug-likeness (QED) is 0.728. The van der Waals surface area contributed by atoms with Crippen molar-refractivity contribution in [1.82, 2.24) is 9.88 Å². The van der Waals surface area contributed by atoms with Gasteiger partial charge in [0, 0.05) is 25.2 Å². The Morgan fingerprint density at radius 2 is 1.66 bits per heavy atom. The first-order valence-electron chi connectivity index (χ1n) is 9.91. The van der Waals surface area contributed by atoms with Crippen molar-refractivity contribution in [2.45, 2.75) is 18.4 Å². The van der Waals surface area contributed by atoms with Crippen molar-refractivity contribution in [3.8, 4) is 0 Å². The zero-order valence-electron chi connectivity index (χ0n) is 16.2. The number of amides is 1. The number of hydrogen-bond acceptors (Lipinski definition) is 3. The number of morpholine rings is 1. The molecule has 1 saturated heterocycles. The summed E-state index contributed by atoms with van der Waals surface area (Å²) in [6.07, 6.45) is 2.20. The molecule has 1 aliphatic rings. The molecule has 1 aliphatic heterocycles. The summed E-state index contributed by atoms with van der Waals surface area (Å²) in [5, 5.41) is 0. The third-order valence-electron chi connectivity index (χ3n) is 5.38. The molecule has 0 aliphatic carbocycles. The second-order valence-electron chi connectivity index (χ2n) is 7.27. The average molecular weight is 388 g/mol. The van der Waals surface area contributed by atoms with Gasteiger partial charge in [-0.05, 0) is 29.7 Å². The highest BCUT2D eigenvalue weighted by Crippen LogP contribution is 2.31. The third kappa shape index (κ3) is 4.46. The van der Waals surface area contributed by atoms with E-state index in [9.17, 15) is 9.59 Å². The van der Waals surface area contributed by atoms with Gasteiger partial charge in [-0.25, -0.2) is 0 Å². The molecule has 1 N–H and O–H groups in total. The number of pyridine rings is 1. The molecule has 1 fully saturated rings. The van der Waals surface area contributed by atoms with Gasteiger partial charge in [-0.2, -0.15) is 0 Å². The van der Waals surface area contributed by atoms with Crippen LogP contribution >= 0.6 is 0 Å². The van der Waals surface area contributed by atoms with Crippen molar-refractivity contribution in [2.75, 3.05) is 19.7 Å². The summed E-state index contributed by atoms with van der Waals surface area (Å²) in [5.41, 5.74) is 2.28. The zero-order chi connectivity index (χ0) is 20.1. The van der Waals surface area contributed by atoms with Gasteiger partial charge in [0.15, 0.2) is 0 Å². The molecule has 4 rings (SSSR count). The summed E-state index contributed by atoms with van der Waals surface area (Å²) in [5.74, 6) is -0.0614. The van der Waals surface area contributed by atoms with Crippen molar-refractivity contribution >= 4 is 5.91 Å². The van der Waals surface area contributed by atoms with Crippen LogP contribution in [0.25, 0.3) is 0 Å². The third-order valence-corrected chi connectivity index (χ3v) is 5.38. The summed E-state index contributed by atoms with van der Waals surface area (Å²) < 4.78 is 6.02. The Balaban J connectivity index is 1.53. The van der Waals surface area contributed by atoms with Crippen LogP contribution in [0.3, 0.4) is 0 Å². The van der Waals surface area contributed by atoms with Crippen LogP contribution in [0.4, 0.5) is 0 Å². The average Bonchev–Trinajstić information content (AvgIpc) is 2.79. The SMILES string of the molecule is O=C(c1ccc[nH]c1=O)N1CCO[C@@H](CC(c2ccccc2)c2ccccc2)C1. The van der Waals surface area contributed by atoms with Gasteiger partial charge < -0.3 is 14.6 Å². The molecule has 0 bridgehead atoms. The van der Waals surface area contributed by atoms with Crippen LogP contribution in [0.2, 0.25) is 0 Å². The van der Waals surface area contributed by atoms with Crippen molar-refractivity contribution < 1.29 is 9.53 Å². The molecule has 2 heterocycles. The van der Waals surface area contributed by atoms with E-state index in [1.54, 1.807) is 17.0 Å². The number of aromatic nitrogens is 1. The standard InChI is InChI=1S/C24H24N2O3/c27-23-21(12-7-13-25-23)24(28)26-14-15-29-20(17-26)16-22(18-8-3-1-4-9-18)19-10-5-2-6-11-19/h1-13,20,22H,14-17H2,(H,25,27)/t20-/m0/s1. The number of aromatic amines is 1. The van der Waals surface area contributed by atoms with Gasteiger partial charge in [0.2, 0.25) is 0 Å². The van der Waals surface area contributed by atoms with Crippen LogP contribution in [-0.2, 0) is 4.74 Å². The molecule has 0 unspecified atom stereocenters. The second kappa shape index (κ2) is 8.88. The Kier molecular flexibility index (Phi) is 5.86. The van der Waals surface area contributed by atoms with E-state index in [4.69, 9.17) is 4.74 Å². The fourth-order valence-corrected chi connectivity index (χ4v) is 3.90. The number of rotatable bonds is 5. The monoisotopic (exact) mass is 388 g/mol. The number of benzene rings is 2. The Bertz CT molecular complexity index is 962. The number of hydrogen-bond donors (Lipinski definition) is 1. The van der Waals surface area contributed by atoms with Crippen LogP contribution < -0.4 is 5.56 Å². The molecule has 0 radical (unpaired) electrons. The molecule has 5 heteroatoms. The van der Waals surface area contributed by atoms with Gasteiger partial charge in [0.25, 0.3) is 11.5 Å². The van der Waals surface area contributed by atoms with E-state index in [2.05, 4.69) is 29.2 Å². The number of nitrogens with one attached hydrogen (secondary N) is 1. The Labute approximate surface area is 170 Å². The minimum atomic E-state index is -0.355. The molecular formula is C24H24N2O3. The molecule has 1 atom stereocenters. The first-order valence-corrected chi connectivity index (χ1v) is 9.91. The lowest BCUT2D eigenvalue weighted by molar-refractivity contribution is -0.0264. The maximum absolute atomic E-state index is 12.8. The van der Waals surface area contributed by atoms with Crippen molar-refractivity contribution in [1.29, 1.82) is 0 Å². The Morgan fingerprint density at radius 3 is 2.28 bits per heavy atom. The van der Waals surface area contributed by atoms with Gasteiger partial charge >= 0.3 is 0 Å². The number of nitrogens with zero attached hydrogens (tertiary/aromatic N) is 1. The minimum absolute atomic E-state index is 0.0964. The highest BCUT2D eigenvalue weighted by Gasteiger charge is 2.29. The maximum Gasteiger partial charge on any atom is 0.260 e. The topological polar surface area (TPSA) is 62.4 Å². The van der Waals surface area contributed by atoms with Gasteiger partial charge in [-0.1, -0.05) is 60.7 Å². The molecular weight excluding hydrogens is 364 g/mol. The van der Waals surface area contributed by atoms with Gasteiger partial charge in [0.05, 0.1) is 12.7 Å². The van der Waals surface area contributed by atoms with E-state index >= 15 is 0 Å². The number of H-pyrrole nitrogens is 1. The summed E-state index contributed by atoms with van der Waals surface area (Å²) in [7, 11) is 0. The first-order chi connectivity index (χ1) is 14.2. The van der Waals surface area contributed by atoms with Gasteiger partial charge in [-0.15, -0.1) is 0 Å². The molecule has 148 valence electrons. The van der Waals surface area contributed by atoms with E-state index in [1.165, 1.54) is 17.3 Å². The van der Waals surface area contributed by atoms with E-state index < -0.39 is 0 Å². The highest BCUT2D eigenvalue weighted by atomic mass is 16.5. The van der Waals surface area contributed by atoms with E-state index in [-0.39, 0.29) is 29.1 Å². The Morgan fingerprint density at radius 1 is 1.00 bits per heavy atom. The molecule has 1 amide bonds. The number of ether oxygens (including phenoxy) is 1. The molecule has 29 heavy (non-hydrogen) atoms. The van der Waals surface area contributed by atoms with Crippen molar-refractivity contribution in [2.24, 2.45) is 0 Å². The van der Waals surface area contributed by atoms with Crippen LogP contribution in [0.1, 0.15) is 33.8 Å². The summed E-state index contributed by atoms with van der Waals surface area (Å²) >= 11 is 0. The summed E-state index contributed by atoms with van der Waals surface area (Å²) in [6, 6.07) is 24.0. The van der Waals surface area contributed by atoms with Gasteiger partial charge in [0.1, 0.15) is 5.56 Å². The first kappa shape index (κ1) is 19.2. The fraction of sp³-hybridized carbons (Fsp3) is 0.250. The lowest BCUT2D eigenvalue weighted by Crippen LogP contribution is -2.47. The predicted octanol–water partition coefficient (Wildman–Crippen LogP) is 3.44. The van der Waals surface area contributed by atoms with Crippen LogP contribution in [0.15, 0.2) is 83.8 Å². The summed E-state index contributed by atoms with van der Waals surface area (Å²) in [6.45, 7) is 1.44. The minimum Gasteiger partial charge on any atom is -0.375 e. The number of carbonyl (C=O) groups excluding carboxylic acids is 1. The second-order valence-corrected chi connectivity index (χ2v) is 7.27. The highest BCUT2D eigenvalue weighted by molar-refractivity contribution is 5.93. The number of carbonyl (C=O) groups is 1. The lowest BCUT2D eigenvalue weighted by Gasteiger charge is -2.35. The molecule has 3 aromatic rings. The van der Waals surface area contributed by atoms with Crippen LogP contribution in [0.5, 0.6) is 0 Å². The van der Waals surface area contributed by atoms with E-state index in [0.29, 0.717) is 19.7 Å². The van der Waals surface area contributed by atoms with Gasteiger partial charge in [-0.3, -0.25) is 9.59 Å². The van der Waals surface area contributed by atoms with E-state index in [1.807, 2.05) is 36.4 Å². The molecule has 0 saturated carbocycles. The maximum atomic E-state index is 12.8. The molecule has 1 aromatic heterocycles. The smallest absolute Gasteiger partial charge is 0.260 e. The normalized spacial score (nSPS) is 16.7. The van der Waals surface area contributed by atoms with Crippen LogP contribution in [0, 0.1) is 0 Å². The van der Waals surface area contributed by atoms with Crippen LogP contribution in [-0.4, -0.2) is 41.6 Å². The zero-order valence-corrected chi connectivity index (χ0v) is 16.2.